The number of alkyl halides is 6. The topological polar surface area (TPSA) is 0 Å². The summed E-state index contributed by atoms with van der Waals surface area (Å²) in [4.78, 5) is 0. The molecule has 0 spiro atoms. The fourth-order valence-electron chi connectivity index (χ4n) is 0.527. The van der Waals surface area contributed by atoms with Crippen LogP contribution in [-0.4, -0.2) is 45.9 Å². The number of rotatable bonds is 2. The van der Waals surface area contributed by atoms with Crippen LogP contribution in [0, 0.1) is 0 Å². The van der Waals surface area contributed by atoms with Crippen molar-refractivity contribution >= 4 is 112 Å². The third-order valence-corrected chi connectivity index (χ3v) is 15.0. The van der Waals surface area contributed by atoms with Gasteiger partial charge in [-0.25, -0.2) is 0 Å². The summed E-state index contributed by atoms with van der Waals surface area (Å²) in [7, 11) is 0. The Kier molecular flexibility index (Phi) is 7.88. The van der Waals surface area contributed by atoms with Gasteiger partial charge in [-0.05, 0) is 0 Å². The molecule has 0 aliphatic heterocycles. The van der Waals surface area contributed by atoms with Crippen molar-refractivity contribution in [1.29, 1.82) is 0 Å². The Morgan fingerprint density at radius 1 is 0.833 bits per heavy atom. The Labute approximate surface area is 122 Å². The normalized spacial score (nSPS) is 14.0. The van der Waals surface area contributed by atoms with Crippen molar-refractivity contribution in [2.24, 2.45) is 0 Å². The summed E-state index contributed by atoms with van der Waals surface area (Å²) in [6.45, 7) is 2.02. The zero-order valence-electron chi connectivity index (χ0n) is 5.85. The molecule has 0 heterocycles. The Morgan fingerprint density at radius 3 is 1.25 bits per heavy atom. The molecule has 0 atom stereocenters. The van der Waals surface area contributed by atoms with E-state index < -0.39 is 45.9 Å². The van der Waals surface area contributed by atoms with Crippen LogP contribution in [0.3, 0.4) is 0 Å². The predicted octanol–water partition coefficient (Wildman–Crippen LogP) is 3.82. The van der Waals surface area contributed by atoms with E-state index >= 15 is 0 Å². The summed E-state index contributed by atoms with van der Waals surface area (Å²) in [6, 6.07) is 0. The van der Waals surface area contributed by atoms with Gasteiger partial charge in [0.25, 0.3) is 0 Å². The summed E-state index contributed by atoms with van der Waals surface area (Å²) in [5, 5.41) is 0. The van der Waals surface area contributed by atoms with Gasteiger partial charge in [-0.3, -0.25) is 0 Å². The van der Waals surface area contributed by atoms with Crippen LogP contribution in [0.25, 0.3) is 0 Å². The van der Waals surface area contributed by atoms with Gasteiger partial charge in [0.1, 0.15) is 0 Å². The van der Waals surface area contributed by atoms with Gasteiger partial charge in [0.05, 0.1) is 0 Å². The minimum absolute atomic E-state index is 0.400. The number of hydrogen-bond donors (Lipinski definition) is 0. The predicted molar refractivity (Wildman–Crippen MR) is 61.5 cm³/mol. The first-order valence-electron chi connectivity index (χ1n) is 2.79. The Bertz CT molecular complexity index is 121. The van der Waals surface area contributed by atoms with Crippen LogP contribution in [0.2, 0.25) is 1.95 Å². The average Bonchev–Trinajstić information content (AvgIpc) is 1.49. The zero-order valence-corrected chi connectivity index (χ0v) is 16.1. The van der Waals surface area contributed by atoms with Crippen molar-refractivity contribution in [2.75, 3.05) is 0 Å². The van der Waals surface area contributed by atoms with Crippen molar-refractivity contribution < 1.29 is 0 Å². The molecule has 0 rings (SSSR count). The fraction of sp³-hybridized carbons (Fsp3) is 1.00. The molecule has 0 aromatic carbocycles. The van der Waals surface area contributed by atoms with Gasteiger partial charge in [-0.15, -0.1) is 0 Å². The van der Waals surface area contributed by atoms with Crippen LogP contribution < -0.4 is 0 Å². The molecule has 0 N–H and O–H groups in total. The second-order valence-electron chi connectivity index (χ2n) is 2.01. The maximum atomic E-state index is 5.66. The monoisotopic (exact) mass is 502 g/mol. The minimum atomic E-state index is -1.07. The van der Waals surface area contributed by atoms with Crippen molar-refractivity contribution in [3.8, 4) is 0 Å². The molecule has 8 heteroatoms. The molecule has 70 valence electrons. The van der Waals surface area contributed by atoms with Crippen LogP contribution in [0.15, 0.2) is 0 Å². The van der Waals surface area contributed by atoms with Crippen molar-refractivity contribution in [3.63, 3.8) is 0 Å². The standard InChI is InChI=1S/C2H4.2CCl3.2Sn/c1-2;2*2-1(3)4;;/h1H,2H3;;;;. The van der Waals surface area contributed by atoms with Crippen LogP contribution in [0.1, 0.15) is 6.92 Å². The SMILES string of the molecule is C[CH]([Sn][C](Cl)(Cl)Cl)[Sn][C](Cl)(Cl)Cl. The van der Waals surface area contributed by atoms with Crippen molar-refractivity contribution in [1.82, 2.24) is 0 Å². The Morgan fingerprint density at radius 2 is 1.08 bits per heavy atom. The Hall–Kier alpha value is 3.34. The van der Waals surface area contributed by atoms with Gasteiger partial charge in [-0.1, -0.05) is 0 Å². The van der Waals surface area contributed by atoms with E-state index in [-0.39, 0.29) is 0 Å². The van der Waals surface area contributed by atoms with Gasteiger partial charge in [0, 0.05) is 0 Å². The molecule has 4 radical (unpaired) electrons. The van der Waals surface area contributed by atoms with E-state index in [0.717, 1.165) is 0 Å². The van der Waals surface area contributed by atoms with E-state index in [1.807, 2.05) is 6.92 Å². The molecule has 0 aliphatic rings. The fourth-order valence-corrected chi connectivity index (χ4v) is 30.3. The van der Waals surface area contributed by atoms with Crippen molar-refractivity contribution in [3.05, 3.63) is 0 Å². The van der Waals surface area contributed by atoms with Crippen LogP contribution in [0.4, 0.5) is 0 Å². The van der Waals surface area contributed by atoms with Gasteiger partial charge >= 0.3 is 124 Å². The molecule has 0 aliphatic carbocycles. The number of hydrogen-bond acceptors (Lipinski definition) is 0. The molecule has 0 unspecified atom stereocenters. The Balaban J connectivity index is 3.83. The van der Waals surface area contributed by atoms with Crippen LogP contribution in [0.5, 0.6) is 0 Å². The summed E-state index contributed by atoms with van der Waals surface area (Å²) in [5.74, 6) is 0. The molecule has 0 aromatic heterocycles. The van der Waals surface area contributed by atoms with E-state index in [1.54, 1.807) is 0 Å². The molecule has 0 saturated heterocycles. The molecule has 0 nitrogen and oxygen atoms in total. The molecule has 12 heavy (non-hydrogen) atoms. The molecule has 0 aromatic rings. The molecule has 0 fully saturated rings. The van der Waals surface area contributed by atoms with Gasteiger partial charge in [0.15, 0.2) is 0 Å². The van der Waals surface area contributed by atoms with Gasteiger partial charge in [0.2, 0.25) is 0 Å². The summed E-state index contributed by atoms with van der Waals surface area (Å²) < 4.78 is -1.71. The summed E-state index contributed by atoms with van der Waals surface area (Å²) in [5.41, 5.74) is 0. The van der Waals surface area contributed by atoms with E-state index in [4.69, 9.17) is 69.6 Å². The maximum absolute atomic E-state index is 5.66. The first-order chi connectivity index (χ1) is 5.10. The van der Waals surface area contributed by atoms with Crippen LogP contribution in [-0.2, 0) is 0 Å². The summed E-state index contributed by atoms with van der Waals surface area (Å²) >= 11 is 31.8. The molecule has 0 saturated carbocycles. The molecular weight excluding hydrogens is 498 g/mol. The average molecular weight is 502 g/mol. The molecule has 0 bridgehead atoms. The van der Waals surface area contributed by atoms with Gasteiger partial charge < -0.3 is 0 Å². The van der Waals surface area contributed by atoms with E-state index in [2.05, 4.69) is 0 Å². The summed E-state index contributed by atoms with van der Waals surface area (Å²) in [6.07, 6.45) is 0. The third-order valence-electron chi connectivity index (χ3n) is 0.760. The van der Waals surface area contributed by atoms with Gasteiger partial charge in [-0.2, -0.15) is 0 Å². The van der Waals surface area contributed by atoms with E-state index in [1.165, 1.54) is 0 Å². The third kappa shape index (κ3) is 11.4. The quantitative estimate of drug-likeness (QED) is 0.398. The second-order valence-corrected chi connectivity index (χ2v) is 27.6. The first kappa shape index (κ1) is 15.3. The zero-order chi connectivity index (χ0) is 9.99. The van der Waals surface area contributed by atoms with Crippen molar-refractivity contribution in [2.45, 2.75) is 12.5 Å². The number of halogens is 6. The van der Waals surface area contributed by atoms with E-state index in [9.17, 15) is 0 Å². The molecule has 0 amide bonds. The van der Waals surface area contributed by atoms with E-state index in [0.29, 0.717) is 1.95 Å². The van der Waals surface area contributed by atoms with Crippen LogP contribution >= 0.6 is 69.6 Å². The molecular formula is C4H4Cl6Sn2. The first-order valence-corrected chi connectivity index (χ1v) is 11.2. The second kappa shape index (κ2) is 6.17.